The molecule has 2 heteroatoms. The Morgan fingerprint density at radius 2 is 0.871 bits per heavy atom. The van der Waals surface area contributed by atoms with E-state index in [0.717, 1.165) is 24.3 Å². The van der Waals surface area contributed by atoms with Gasteiger partial charge in [0.1, 0.15) is 11.5 Å². The Balaban J connectivity index is 1.48. The standard InChI is InChI=1S/C29H24O2/c1-3-11-21(12-4-1)25-19-29(30-27-17-9-7-15-23(25)27)20-26(22-13-5-2-6-14-22)24-16-8-10-18-28(24)31-29/h1-18,25-26H,19-20H2. The number of rotatable bonds is 2. The summed E-state index contributed by atoms with van der Waals surface area (Å²) in [7, 11) is 0. The van der Waals surface area contributed by atoms with Crippen LogP contribution in [0, 0.1) is 0 Å². The van der Waals surface area contributed by atoms with Crippen LogP contribution in [0.4, 0.5) is 0 Å². The topological polar surface area (TPSA) is 18.5 Å². The molecule has 6 rings (SSSR count). The highest BCUT2D eigenvalue weighted by atomic mass is 16.7. The Bertz CT molecular complexity index is 1100. The van der Waals surface area contributed by atoms with Crippen LogP contribution in [0.1, 0.15) is 46.9 Å². The average molecular weight is 405 g/mol. The van der Waals surface area contributed by atoms with Gasteiger partial charge in [-0.15, -0.1) is 0 Å². The van der Waals surface area contributed by atoms with E-state index in [-0.39, 0.29) is 11.8 Å². The predicted octanol–water partition coefficient (Wildman–Crippen LogP) is 6.91. The quantitative estimate of drug-likeness (QED) is 0.361. The van der Waals surface area contributed by atoms with Crippen molar-refractivity contribution in [1.29, 1.82) is 0 Å². The van der Waals surface area contributed by atoms with Crippen molar-refractivity contribution in [3.63, 3.8) is 0 Å². The van der Waals surface area contributed by atoms with E-state index >= 15 is 0 Å². The molecule has 2 atom stereocenters. The molecule has 2 aliphatic rings. The number of para-hydroxylation sites is 2. The van der Waals surface area contributed by atoms with Gasteiger partial charge in [-0.3, -0.25) is 0 Å². The summed E-state index contributed by atoms with van der Waals surface area (Å²) in [5.41, 5.74) is 5.07. The molecule has 4 aromatic carbocycles. The van der Waals surface area contributed by atoms with Crippen molar-refractivity contribution < 1.29 is 9.47 Å². The van der Waals surface area contributed by atoms with Gasteiger partial charge in [0.25, 0.3) is 5.79 Å². The van der Waals surface area contributed by atoms with E-state index in [9.17, 15) is 0 Å². The summed E-state index contributed by atoms with van der Waals surface area (Å²) in [5, 5.41) is 0. The largest absolute Gasteiger partial charge is 0.452 e. The first-order valence-electron chi connectivity index (χ1n) is 11.0. The van der Waals surface area contributed by atoms with E-state index in [1.165, 1.54) is 22.3 Å². The van der Waals surface area contributed by atoms with Gasteiger partial charge < -0.3 is 9.47 Å². The Hall–Kier alpha value is -3.52. The molecule has 0 aromatic heterocycles. The number of fused-ring (bicyclic) bond motifs is 2. The van der Waals surface area contributed by atoms with Gasteiger partial charge in [0.2, 0.25) is 0 Å². The van der Waals surface area contributed by atoms with Crippen LogP contribution in [0.2, 0.25) is 0 Å². The summed E-state index contributed by atoms with van der Waals surface area (Å²) in [4.78, 5) is 0. The van der Waals surface area contributed by atoms with E-state index in [4.69, 9.17) is 9.47 Å². The minimum Gasteiger partial charge on any atom is -0.452 e. The third-order valence-corrected chi connectivity index (χ3v) is 6.61. The molecule has 2 heterocycles. The summed E-state index contributed by atoms with van der Waals surface area (Å²) in [6, 6.07) is 38.3. The fourth-order valence-corrected chi connectivity index (χ4v) is 5.20. The van der Waals surface area contributed by atoms with Gasteiger partial charge in [0.05, 0.1) is 0 Å². The molecular weight excluding hydrogens is 380 g/mol. The van der Waals surface area contributed by atoms with Gasteiger partial charge >= 0.3 is 0 Å². The molecule has 0 N–H and O–H groups in total. The highest BCUT2D eigenvalue weighted by molar-refractivity contribution is 5.48. The average Bonchev–Trinajstić information content (AvgIpc) is 2.84. The van der Waals surface area contributed by atoms with Crippen LogP contribution in [-0.4, -0.2) is 5.79 Å². The van der Waals surface area contributed by atoms with Gasteiger partial charge in [-0.2, -0.15) is 0 Å². The Labute approximate surface area is 183 Å². The second kappa shape index (κ2) is 7.31. The van der Waals surface area contributed by atoms with Crippen molar-refractivity contribution >= 4 is 0 Å². The predicted molar refractivity (Wildman–Crippen MR) is 123 cm³/mol. The van der Waals surface area contributed by atoms with Crippen LogP contribution in [0.5, 0.6) is 11.5 Å². The van der Waals surface area contributed by atoms with E-state index in [0.29, 0.717) is 0 Å². The second-order valence-electron chi connectivity index (χ2n) is 8.53. The van der Waals surface area contributed by atoms with Gasteiger partial charge in [0.15, 0.2) is 0 Å². The van der Waals surface area contributed by atoms with Crippen LogP contribution in [0.25, 0.3) is 0 Å². The van der Waals surface area contributed by atoms with E-state index < -0.39 is 5.79 Å². The van der Waals surface area contributed by atoms with Gasteiger partial charge in [-0.05, 0) is 23.3 Å². The zero-order valence-electron chi connectivity index (χ0n) is 17.3. The number of hydrogen-bond donors (Lipinski definition) is 0. The molecule has 4 aromatic rings. The fourth-order valence-electron chi connectivity index (χ4n) is 5.20. The van der Waals surface area contributed by atoms with Crippen molar-refractivity contribution in [2.24, 2.45) is 0 Å². The van der Waals surface area contributed by atoms with Gasteiger partial charge in [0, 0.05) is 35.8 Å². The molecule has 2 unspecified atom stereocenters. The highest BCUT2D eigenvalue weighted by Crippen LogP contribution is 2.52. The van der Waals surface area contributed by atoms with Crippen molar-refractivity contribution in [2.75, 3.05) is 0 Å². The lowest BCUT2D eigenvalue weighted by Crippen LogP contribution is -2.50. The van der Waals surface area contributed by atoms with Crippen LogP contribution in [-0.2, 0) is 0 Å². The van der Waals surface area contributed by atoms with Gasteiger partial charge in [-0.25, -0.2) is 0 Å². The molecular formula is C29H24O2. The van der Waals surface area contributed by atoms with Crippen molar-refractivity contribution in [3.8, 4) is 11.5 Å². The molecule has 152 valence electrons. The van der Waals surface area contributed by atoms with Crippen LogP contribution >= 0.6 is 0 Å². The molecule has 0 bridgehead atoms. The molecule has 1 spiro atoms. The van der Waals surface area contributed by atoms with Crippen LogP contribution in [0.15, 0.2) is 109 Å². The zero-order chi connectivity index (χ0) is 20.7. The maximum absolute atomic E-state index is 6.70. The number of benzene rings is 4. The van der Waals surface area contributed by atoms with E-state index in [1.54, 1.807) is 0 Å². The monoisotopic (exact) mass is 404 g/mol. The normalized spacial score (nSPS) is 23.9. The van der Waals surface area contributed by atoms with Crippen LogP contribution < -0.4 is 9.47 Å². The third kappa shape index (κ3) is 3.19. The van der Waals surface area contributed by atoms with E-state index in [1.807, 2.05) is 12.1 Å². The summed E-state index contributed by atoms with van der Waals surface area (Å²) in [6.45, 7) is 0. The third-order valence-electron chi connectivity index (χ3n) is 6.61. The smallest absolute Gasteiger partial charge is 0.253 e. The molecule has 2 nitrogen and oxygen atoms in total. The first-order valence-corrected chi connectivity index (χ1v) is 11.0. The first kappa shape index (κ1) is 18.3. The maximum atomic E-state index is 6.70. The lowest BCUT2D eigenvalue weighted by Gasteiger charge is -2.46. The molecule has 31 heavy (non-hydrogen) atoms. The summed E-state index contributed by atoms with van der Waals surface area (Å²) in [5.74, 6) is 1.60. The second-order valence-corrected chi connectivity index (χ2v) is 8.53. The molecule has 0 amide bonds. The van der Waals surface area contributed by atoms with Crippen LogP contribution in [0.3, 0.4) is 0 Å². The number of ether oxygens (including phenoxy) is 2. The number of hydrogen-bond acceptors (Lipinski definition) is 2. The Morgan fingerprint density at radius 1 is 0.484 bits per heavy atom. The Morgan fingerprint density at radius 3 is 1.32 bits per heavy atom. The Kier molecular flexibility index (Phi) is 4.31. The fraction of sp³-hybridized carbons (Fsp3) is 0.172. The zero-order valence-corrected chi connectivity index (χ0v) is 17.3. The van der Waals surface area contributed by atoms with Crippen molar-refractivity contribution in [1.82, 2.24) is 0 Å². The first-order chi connectivity index (χ1) is 15.3. The maximum Gasteiger partial charge on any atom is 0.253 e. The lowest BCUT2D eigenvalue weighted by molar-refractivity contribution is -0.146. The summed E-state index contributed by atoms with van der Waals surface area (Å²) < 4.78 is 13.4. The molecule has 2 aliphatic heterocycles. The molecule has 0 saturated heterocycles. The van der Waals surface area contributed by atoms with E-state index in [2.05, 4.69) is 97.1 Å². The molecule has 0 radical (unpaired) electrons. The molecule has 0 fully saturated rings. The minimum absolute atomic E-state index is 0.229. The SMILES string of the molecule is c1ccc(C2CC3(CC(c4ccccc4)c4ccccc4O3)Oc3ccccc32)cc1. The van der Waals surface area contributed by atoms with Crippen molar-refractivity contribution in [3.05, 3.63) is 131 Å². The molecule has 0 aliphatic carbocycles. The summed E-state index contributed by atoms with van der Waals surface area (Å²) >= 11 is 0. The minimum atomic E-state index is -0.705. The molecule has 0 saturated carbocycles. The van der Waals surface area contributed by atoms with Gasteiger partial charge in [-0.1, -0.05) is 97.1 Å². The summed E-state index contributed by atoms with van der Waals surface area (Å²) in [6.07, 6.45) is 1.57. The highest BCUT2D eigenvalue weighted by Gasteiger charge is 2.48. The lowest BCUT2D eigenvalue weighted by atomic mass is 9.76. The van der Waals surface area contributed by atoms with Crippen molar-refractivity contribution in [2.45, 2.75) is 30.5 Å².